The first-order valence-electron chi connectivity index (χ1n) is 8.31. The SMILES string of the molecule is Cc1ccccc1NC(=S)NCC1(c2ccc(F)cc2F)CC1(C)C. The highest BCUT2D eigenvalue weighted by Crippen LogP contribution is 2.64. The van der Waals surface area contributed by atoms with Crippen LogP contribution in [0.1, 0.15) is 31.4 Å². The maximum atomic E-state index is 14.3. The highest BCUT2D eigenvalue weighted by atomic mass is 32.1. The van der Waals surface area contributed by atoms with Crippen molar-refractivity contribution in [2.45, 2.75) is 32.6 Å². The molecule has 2 aromatic rings. The molecule has 0 spiro atoms. The molecule has 1 fully saturated rings. The second-order valence-electron chi connectivity index (χ2n) is 7.39. The molecule has 1 unspecified atom stereocenters. The number of para-hydroxylation sites is 1. The molecular formula is C20H22F2N2S. The molecule has 5 heteroatoms. The second-order valence-corrected chi connectivity index (χ2v) is 7.80. The van der Waals surface area contributed by atoms with E-state index in [0.717, 1.165) is 23.7 Å². The first-order chi connectivity index (χ1) is 11.7. The Kier molecular flexibility index (Phi) is 4.54. The van der Waals surface area contributed by atoms with Crippen LogP contribution in [-0.2, 0) is 5.41 Å². The van der Waals surface area contributed by atoms with Crippen LogP contribution in [0.4, 0.5) is 14.5 Å². The van der Waals surface area contributed by atoms with Crippen LogP contribution in [0.3, 0.4) is 0 Å². The van der Waals surface area contributed by atoms with Crippen molar-refractivity contribution in [1.29, 1.82) is 0 Å². The van der Waals surface area contributed by atoms with Gasteiger partial charge in [0.1, 0.15) is 11.6 Å². The van der Waals surface area contributed by atoms with Crippen molar-refractivity contribution in [2.24, 2.45) is 5.41 Å². The van der Waals surface area contributed by atoms with Gasteiger partial charge in [-0.1, -0.05) is 38.1 Å². The van der Waals surface area contributed by atoms with Crippen LogP contribution in [0.5, 0.6) is 0 Å². The summed E-state index contributed by atoms with van der Waals surface area (Å²) in [5.41, 5.74) is 2.12. The molecule has 1 atom stereocenters. The Morgan fingerprint density at radius 2 is 1.84 bits per heavy atom. The van der Waals surface area contributed by atoms with E-state index in [0.29, 0.717) is 17.2 Å². The van der Waals surface area contributed by atoms with E-state index in [9.17, 15) is 8.78 Å². The molecular weight excluding hydrogens is 338 g/mol. The Morgan fingerprint density at radius 3 is 2.44 bits per heavy atom. The Balaban J connectivity index is 1.73. The van der Waals surface area contributed by atoms with Crippen LogP contribution >= 0.6 is 12.2 Å². The maximum Gasteiger partial charge on any atom is 0.170 e. The molecule has 0 aromatic heterocycles. The summed E-state index contributed by atoms with van der Waals surface area (Å²) in [4.78, 5) is 0. The predicted octanol–water partition coefficient (Wildman–Crippen LogP) is 4.93. The molecule has 132 valence electrons. The van der Waals surface area contributed by atoms with Gasteiger partial charge in [0.2, 0.25) is 0 Å². The lowest BCUT2D eigenvalue weighted by atomic mass is 9.87. The van der Waals surface area contributed by atoms with Crippen molar-refractivity contribution in [3.8, 4) is 0 Å². The molecule has 2 N–H and O–H groups in total. The standard InChI is InChI=1S/C20H22F2N2S/c1-13-6-4-5-7-17(13)24-18(25)23-12-20(11-19(20,2)3)15-9-8-14(21)10-16(15)22/h4-10H,11-12H2,1-3H3,(H2,23,24,25). The predicted molar refractivity (Wildman–Crippen MR) is 102 cm³/mol. The van der Waals surface area contributed by atoms with Gasteiger partial charge in [-0.15, -0.1) is 0 Å². The van der Waals surface area contributed by atoms with E-state index in [4.69, 9.17) is 12.2 Å². The number of hydrogen-bond acceptors (Lipinski definition) is 1. The van der Waals surface area contributed by atoms with Crippen molar-refractivity contribution in [3.05, 3.63) is 65.2 Å². The molecule has 1 aliphatic rings. The van der Waals surface area contributed by atoms with Gasteiger partial charge in [-0.3, -0.25) is 0 Å². The number of anilines is 1. The fourth-order valence-electron chi connectivity index (χ4n) is 3.56. The molecule has 1 saturated carbocycles. The van der Waals surface area contributed by atoms with Crippen molar-refractivity contribution in [3.63, 3.8) is 0 Å². The summed E-state index contributed by atoms with van der Waals surface area (Å²) in [6, 6.07) is 11.7. The Labute approximate surface area is 152 Å². The molecule has 0 radical (unpaired) electrons. The van der Waals surface area contributed by atoms with Crippen LogP contribution in [0, 0.1) is 24.0 Å². The summed E-state index contributed by atoms with van der Waals surface area (Å²) < 4.78 is 27.6. The van der Waals surface area contributed by atoms with E-state index in [2.05, 4.69) is 24.5 Å². The lowest BCUT2D eigenvalue weighted by Crippen LogP contribution is -2.37. The van der Waals surface area contributed by atoms with Crippen LogP contribution in [0.15, 0.2) is 42.5 Å². The monoisotopic (exact) mass is 360 g/mol. The van der Waals surface area contributed by atoms with Crippen molar-refractivity contribution in [1.82, 2.24) is 5.32 Å². The Hall–Kier alpha value is -2.01. The number of nitrogens with one attached hydrogen (secondary N) is 2. The average Bonchev–Trinajstić information content (AvgIpc) is 3.10. The van der Waals surface area contributed by atoms with Gasteiger partial charge in [0.15, 0.2) is 5.11 Å². The minimum absolute atomic E-state index is 0.0725. The summed E-state index contributed by atoms with van der Waals surface area (Å²) in [5.74, 6) is -1.05. The zero-order chi connectivity index (χ0) is 18.2. The van der Waals surface area contributed by atoms with E-state index in [1.165, 1.54) is 6.07 Å². The second kappa shape index (κ2) is 6.37. The smallest absolute Gasteiger partial charge is 0.170 e. The highest BCUT2D eigenvalue weighted by Gasteiger charge is 2.62. The lowest BCUT2D eigenvalue weighted by Gasteiger charge is -2.23. The van der Waals surface area contributed by atoms with Gasteiger partial charge < -0.3 is 10.6 Å². The topological polar surface area (TPSA) is 24.1 Å². The molecule has 0 bridgehead atoms. The van der Waals surface area contributed by atoms with E-state index in [1.807, 2.05) is 31.2 Å². The number of hydrogen-bond donors (Lipinski definition) is 2. The van der Waals surface area contributed by atoms with Crippen LogP contribution in [0.2, 0.25) is 0 Å². The van der Waals surface area contributed by atoms with Gasteiger partial charge in [-0.2, -0.15) is 0 Å². The Bertz CT molecular complexity index is 819. The zero-order valence-electron chi connectivity index (χ0n) is 14.6. The van der Waals surface area contributed by atoms with Gasteiger partial charge in [-0.25, -0.2) is 8.78 Å². The minimum atomic E-state index is -0.556. The van der Waals surface area contributed by atoms with E-state index in [-0.39, 0.29) is 10.8 Å². The van der Waals surface area contributed by atoms with Gasteiger partial charge in [-0.05, 0) is 54.2 Å². The van der Waals surface area contributed by atoms with Crippen LogP contribution in [0.25, 0.3) is 0 Å². The molecule has 2 nitrogen and oxygen atoms in total. The first-order valence-corrected chi connectivity index (χ1v) is 8.72. The number of halogens is 2. The molecule has 1 aliphatic carbocycles. The fraction of sp³-hybridized carbons (Fsp3) is 0.350. The van der Waals surface area contributed by atoms with E-state index in [1.54, 1.807) is 6.07 Å². The zero-order valence-corrected chi connectivity index (χ0v) is 15.4. The molecule has 0 amide bonds. The Morgan fingerprint density at radius 1 is 1.16 bits per heavy atom. The third kappa shape index (κ3) is 3.38. The molecule has 2 aromatic carbocycles. The van der Waals surface area contributed by atoms with E-state index >= 15 is 0 Å². The summed E-state index contributed by atoms with van der Waals surface area (Å²) in [6.07, 6.45) is 0.822. The number of benzene rings is 2. The fourth-order valence-corrected chi connectivity index (χ4v) is 3.74. The molecule has 25 heavy (non-hydrogen) atoms. The lowest BCUT2D eigenvalue weighted by molar-refractivity contribution is 0.462. The molecule has 0 heterocycles. The van der Waals surface area contributed by atoms with Crippen LogP contribution in [-0.4, -0.2) is 11.7 Å². The van der Waals surface area contributed by atoms with Gasteiger partial charge in [0.25, 0.3) is 0 Å². The van der Waals surface area contributed by atoms with Gasteiger partial charge in [0, 0.05) is 23.7 Å². The van der Waals surface area contributed by atoms with E-state index < -0.39 is 11.6 Å². The van der Waals surface area contributed by atoms with Crippen LogP contribution < -0.4 is 10.6 Å². The molecule has 0 saturated heterocycles. The summed E-state index contributed by atoms with van der Waals surface area (Å²) in [6.45, 7) is 6.69. The quantitative estimate of drug-likeness (QED) is 0.756. The van der Waals surface area contributed by atoms with Crippen molar-refractivity contribution < 1.29 is 8.78 Å². The third-order valence-electron chi connectivity index (χ3n) is 5.30. The summed E-state index contributed by atoms with van der Waals surface area (Å²) in [5, 5.41) is 6.90. The molecule has 3 rings (SSSR count). The summed E-state index contributed by atoms with van der Waals surface area (Å²) in [7, 11) is 0. The molecule has 0 aliphatic heterocycles. The number of aryl methyl sites for hydroxylation is 1. The minimum Gasteiger partial charge on any atom is -0.362 e. The van der Waals surface area contributed by atoms with Crippen molar-refractivity contribution >= 4 is 23.0 Å². The third-order valence-corrected chi connectivity index (χ3v) is 5.55. The summed E-state index contributed by atoms with van der Waals surface area (Å²) >= 11 is 5.39. The number of rotatable bonds is 4. The average molecular weight is 360 g/mol. The largest absolute Gasteiger partial charge is 0.362 e. The normalized spacial score (nSPS) is 20.8. The van der Waals surface area contributed by atoms with Crippen molar-refractivity contribution in [2.75, 3.05) is 11.9 Å². The van der Waals surface area contributed by atoms with Gasteiger partial charge in [0.05, 0.1) is 0 Å². The first kappa shape index (κ1) is 17.8. The highest BCUT2D eigenvalue weighted by molar-refractivity contribution is 7.80. The van der Waals surface area contributed by atoms with Gasteiger partial charge >= 0.3 is 0 Å². The maximum absolute atomic E-state index is 14.3. The number of thiocarbonyl (C=S) groups is 1.